The first-order chi connectivity index (χ1) is 21.5. The van der Waals surface area contributed by atoms with Crippen molar-refractivity contribution in [3.8, 4) is 0 Å². The zero-order valence-electron chi connectivity index (χ0n) is 24.3. The van der Waals surface area contributed by atoms with Crippen LogP contribution in [-0.4, -0.2) is 64.1 Å². The van der Waals surface area contributed by atoms with Crippen molar-refractivity contribution >= 4 is 30.3 Å². The van der Waals surface area contributed by atoms with Gasteiger partial charge < -0.3 is 31.2 Å². The number of benzene rings is 2. The second kappa shape index (κ2) is 18.5. The number of nitrogens with two attached hydrogens (primary N) is 2. The average Bonchev–Trinajstić information content (AvgIpc) is 3.36. The third kappa shape index (κ3) is 14.4. The second-order valence-corrected chi connectivity index (χ2v) is 9.18. The van der Waals surface area contributed by atoms with E-state index >= 15 is 0 Å². The molecule has 1 aromatic heterocycles. The summed E-state index contributed by atoms with van der Waals surface area (Å²) < 4.78 is 71.0. The van der Waals surface area contributed by atoms with Gasteiger partial charge in [0.25, 0.3) is 0 Å². The number of rotatable bonds is 10. The van der Waals surface area contributed by atoms with Gasteiger partial charge in [0.2, 0.25) is 0 Å². The molecule has 0 saturated carbocycles. The van der Waals surface area contributed by atoms with Crippen molar-refractivity contribution in [1.82, 2.24) is 4.57 Å². The van der Waals surface area contributed by atoms with Crippen LogP contribution in [0.15, 0.2) is 71.1 Å². The van der Waals surface area contributed by atoms with Crippen LogP contribution in [0.25, 0.3) is 0 Å². The number of aromatic nitrogens is 1. The third-order valence-electron chi connectivity index (χ3n) is 5.54. The van der Waals surface area contributed by atoms with Crippen LogP contribution in [0.4, 0.5) is 26.3 Å². The summed E-state index contributed by atoms with van der Waals surface area (Å²) in [6, 6.07) is 15.9. The second-order valence-electron chi connectivity index (χ2n) is 9.18. The molecule has 0 unspecified atom stereocenters. The lowest BCUT2D eigenvalue weighted by atomic mass is 10.0. The number of carbonyl (C=O) groups is 3. The van der Waals surface area contributed by atoms with E-state index in [0.717, 1.165) is 40.7 Å². The summed E-state index contributed by atoms with van der Waals surface area (Å²) in [4.78, 5) is 30.6. The number of aliphatic carboxylic acids is 2. The topological polar surface area (TPSA) is 183 Å². The van der Waals surface area contributed by atoms with Gasteiger partial charge in [-0.25, -0.2) is 14.4 Å². The highest BCUT2D eigenvalue weighted by molar-refractivity contribution is 5.91. The van der Waals surface area contributed by atoms with E-state index in [-0.39, 0.29) is 5.97 Å². The Kier molecular flexibility index (Phi) is 15.5. The lowest BCUT2D eigenvalue weighted by Crippen LogP contribution is -2.21. The molecule has 0 bridgehead atoms. The molecule has 2 aromatic carbocycles. The first-order valence-corrected chi connectivity index (χ1v) is 13.1. The average molecular weight is 660 g/mol. The summed E-state index contributed by atoms with van der Waals surface area (Å²) in [5.41, 5.74) is 5.53. The molecule has 0 saturated heterocycles. The van der Waals surface area contributed by atoms with Crippen LogP contribution in [0.5, 0.6) is 0 Å². The fourth-order valence-corrected chi connectivity index (χ4v) is 3.45. The Balaban J connectivity index is 0.000000629. The van der Waals surface area contributed by atoms with Gasteiger partial charge in [0.15, 0.2) is 0 Å². The predicted octanol–water partition coefficient (Wildman–Crippen LogP) is 4.94. The Morgan fingerprint density at radius 1 is 0.848 bits per heavy atom. The molecule has 0 spiro atoms. The van der Waals surface area contributed by atoms with Crippen LogP contribution in [0.3, 0.4) is 0 Å². The molecule has 0 aliphatic carbocycles. The number of unbranched alkanes of at least 4 members (excludes halogenated alkanes) is 1. The van der Waals surface area contributed by atoms with Crippen molar-refractivity contribution < 1.29 is 55.7 Å². The molecule has 6 N–H and O–H groups in total. The number of carboxylic acids is 2. The number of halogens is 6. The van der Waals surface area contributed by atoms with Crippen molar-refractivity contribution in [2.45, 2.75) is 45.1 Å². The summed E-state index contributed by atoms with van der Waals surface area (Å²) in [6.45, 7) is 3.11. The molecule has 0 fully saturated rings. The summed E-state index contributed by atoms with van der Waals surface area (Å²) in [7, 11) is 0. The number of hydrogen-bond donors (Lipinski definition) is 4. The van der Waals surface area contributed by atoms with E-state index in [2.05, 4.69) is 17.1 Å². The number of hydrogen-bond acceptors (Lipinski definition) is 8. The number of carboxylic acid groups (broad SMARTS) is 2. The lowest BCUT2D eigenvalue weighted by Gasteiger charge is -2.06. The predicted molar refractivity (Wildman–Crippen MR) is 155 cm³/mol. The minimum atomic E-state index is -5.08. The largest absolute Gasteiger partial charge is 0.490 e. The van der Waals surface area contributed by atoms with E-state index in [1.54, 1.807) is 12.4 Å². The molecule has 46 heavy (non-hydrogen) atoms. The first kappa shape index (κ1) is 38.7. The van der Waals surface area contributed by atoms with Crippen molar-refractivity contribution in [2.75, 3.05) is 6.61 Å². The van der Waals surface area contributed by atoms with E-state index in [4.69, 9.17) is 36.2 Å². The fraction of sp³-hybridized carbons (Fsp3) is 0.276. The van der Waals surface area contributed by atoms with Crippen LogP contribution in [0, 0.1) is 0 Å². The van der Waals surface area contributed by atoms with E-state index in [1.807, 2.05) is 65.5 Å². The van der Waals surface area contributed by atoms with Crippen LogP contribution >= 0.6 is 0 Å². The quantitative estimate of drug-likeness (QED) is 0.0590. The van der Waals surface area contributed by atoms with Crippen molar-refractivity contribution in [3.63, 3.8) is 0 Å². The molecule has 3 aromatic rings. The van der Waals surface area contributed by atoms with Crippen molar-refractivity contribution in [3.05, 3.63) is 94.3 Å². The van der Waals surface area contributed by atoms with Gasteiger partial charge >= 0.3 is 30.3 Å². The van der Waals surface area contributed by atoms with Crippen LogP contribution < -0.4 is 11.7 Å². The Hall–Kier alpha value is -5.35. The monoisotopic (exact) mass is 659 g/mol. The summed E-state index contributed by atoms with van der Waals surface area (Å²) in [6.07, 6.45) is -0.646. The fourth-order valence-electron chi connectivity index (χ4n) is 3.45. The summed E-state index contributed by atoms with van der Waals surface area (Å²) in [5.74, 6) is 4.69. The van der Waals surface area contributed by atoms with E-state index in [0.29, 0.717) is 25.1 Å². The van der Waals surface area contributed by atoms with Gasteiger partial charge in [0.1, 0.15) is 0 Å². The van der Waals surface area contributed by atoms with Gasteiger partial charge in [-0.1, -0.05) is 55.8 Å². The number of hydrazone groups is 2. The van der Waals surface area contributed by atoms with Crippen LogP contribution in [0.2, 0.25) is 0 Å². The summed E-state index contributed by atoms with van der Waals surface area (Å²) >= 11 is 0. The van der Waals surface area contributed by atoms with Crippen molar-refractivity contribution in [1.29, 1.82) is 0 Å². The first-order valence-electron chi connectivity index (χ1n) is 13.1. The van der Waals surface area contributed by atoms with Gasteiger partial charge in [-0.15, -0.1) is 0 Å². The molecule has 0 aliphatic heterocycles. The van der Waals surface area contributed by atoms with Crippen molar-refractivity contribution in [2.24, 2.45) is 21.9 Å². The van der Waals surface area contributed by atoms with Gasteiger partial charge in [0.05, 0.1) is 24.6 Å². The third-order valence-corrected chi connectivity index (χ3v) is 5.54. The molecule has 0 atom stereocenters. The Bertz CT molecular complexity index is 1460. The molecule has 250 valence electrons. The summed E-state index contributed by atoms with van der Waals surface area (Å²) in [5, 5.41) is 21.4. The minimum Gasteiger partial charge on any atom is -0.475 e. The van der Waals surface area contributed by atoms with E-state index < -0.39 is 24.3 Å². The Morgan fingerprint density at radius 3 is 1.89 bits per heavy atom. The molecule has 3 rings (SSSR count). The molecule has 0 radical (unpaired) electrons. The molecule has 0 aliphatic rings. The molecular weight excluding hydrogens is 628 g/mol. The minimum absolute atomic E-state index is 0.289. The number of ether oxygens (including phenoxy) is 1. The molecule has 0 amide bonds. The van der Waals surface area contributed by atoms with Crippen LogP contribution in [0.1, 0.15) is 57.9 Å². The number of alkyl halides is 6. The maximum Gasteiger partial charge on any atom is 0.490 e. The molecule has 17 heteroatoms. The van der Waals surface area contributed by atoms with Gasteiger partial charge in [-0.05, 0) is 46.7 Å². The van der Waals surface area contributed by atoms with Gasteiger partial charge in [0, 0.05) is 18.9 Å². The van der Waals surface area contributed by atoms with Crippen LogP contribution in [-0.2, 0) is 27.3 Å². The number of esters is 1. The lowest BCUT2D eigenvalue weighted by molar-refractivity contribution is -0.193. The maximum absolute atomic E-state index is 12.8. The normalized spacial score (nSPS) is 11.4. The molecule has 11 nitrogen and oxygen atoms in total. The van der Waals surface area contributed by atoms with E-state index in [1.165, 1.54) is 0 Å². The highest BCUT2D eigenvalue weighted by Crippen LogP contribution is 2.20. The number of nitrogens with zero attached hydrogens (tertiary/aromatic N) is 3. The zero-order chi connectivity index (χ0) is 34.9. The van der Waals surface area contributed by atoms with E-state index in [9.17, 15) is 31.1 Å². The Labute approximate surface area is 258 Å². The molecular formula is C29H31F6N5O6. The Morgan fingerprint density at radius 2 is 1.39 bits per heavy atom. The maximum atomic E-state index is 12.8. The standard InChI is InChI=1S/C25H29N5O2.2C2HF3O2/c1-2-3-11-32-25(31)24-18-30(16-22-6-4-5-21(12-22)15-29-27)17-23(24)13-19-7-9-20(10-8-19)14-28-26;2*3-2(4,5)1(6)7/h4-10,12,14-15,17-18H,2-3,11,13,16,26-27H2,1H3;2*(H,6,7). The molecule has 1 heterocycles. The number of carbonyl (C=O) groups excluding carboxylic acids is 1. The highest BCUT2D eigenvalue weighted by atomic mass is 19.4. The van der Waals surface area contributed by atoms with Gasteiger partial charge in [-0.3, -0.25) is 0 Å². The highest BCUT2D eigenvalue weighted by Gasteiger charge is 2.38. The smallest absolute Gasteiger partial charge is 0.475 e. The SMILES string of the molecule is CCCCOC(=O)c1cn(Cc2cccc(C=NN)c2)cc1Cc1ccc(C=NN)cc1.O=C(O)C(F)(F)F.O=C(O)C(F)(F)F. The zero-order valence-corrected chi connectivity index (χ0v) is 24.3. The van der Waals surface area contributed by atoms with Gasteiger partial charge in [-0.2, -0.15) is 36.5 Å².